The molecular weight excluding hydrogens is 224 g/mol. The van der Waals surface area contributed by atoms with Crippen molar-refractivity contribution >= 4 is 6.29 Å². The molecule has 0 spiro atoms. The van der Waals surface area contributed by atoms with Crippen LogP contribution in [-0.2, 0) is 5.41 Å². The van der Waals surface area contributed by atoms with Gasteiger partial charge in [-0.25, -0.2) is 9.97 Å². The van der Waals surface area contributed by atoms with E-state index in [0.29, 0.717) is 5.69 Å². The second kappa shape index (κ2) is 4.69. The maximum atomic E-state index is 10.7. The highest BCUT2D eigenvalue weighted by atomic mass is 16.1. The first-order valence-corrected chi connectivity index (χ1v) is 5.89. The summed E-state index contributed by atoms with van der Waals surface area (Å²) in [7, 11) is 0. The van der Waals surface area contributed by atoms with Crippen LogP contribution in [-0.4, -0.2) is 16.3 Å². The molecular formula is C15H16N2O. The zero-order valence-electron chi connectivity index (χ0n) is 10.8. The summed E-state index contributed by atoms with van der Waals surface area (Å²) in [5.74, 6) is 0. The second-order valence-electron chi connectivity index (χ2n) is 5.27. The van der Waals surface area contributed by atoms with Crippen LogP contribution in [0.3, 0.4) is 0 Å². The second-order valence-corrected chi connectivity index (χ2v) is 5.27. The van der Waals surface area contributed by atoms with Crippen LogP contribution < -0.4 is 0 Å². The van der Waals surface area contributed by atoms with Crippen molar-refractivity contribution in [1.29, 1.82) is 0 Å². The average Bonchev–Trinajstić information content (AvgIpc) is 2.38. The molecule has 3 heteroatoms. The van der Waals surface area contributed by atoms with Crippen LogP contribution >= 0.6 is 0 Å². The van der Waals surface area contributed by atoms with Crippen LogP contribution in [0.1, 0.15) is 36.8 Å². The van der Waals surface area contributed by atoms with Gasteiger partial charge in [0, 0.05) is 5.56 Å². The van der Waals surface area contributed by atoms with Gasteiger partial charge in [-0.2, -0.15) is 0 Å². The molecule has 1 aromatic carbocycles. The molecule has 0 N–H and O–H groups in total. The predicted molar refractivity (Wildman–Crippen MR) is 71.6 cm³/mol. The van der Waals surface area contributed by atoms with Gasteiger partial charge in [0.25, 0.3) is 0 Å². The maximum absolute atomic E-state index is 10.7. The summed E-state index contributed by atoms with van der Waals surface area (Å²) < 4.78 is 0. The molecule has 1 aromatic heterocycles. The van der Waals surface area contributed by atoms with Gasteiger partial charge in [-0.3, -0.25) is 4.79 Å². The number of benzene rings is 1. The number of rotatable bonds is 2. The lowest BCUT2D eigenvalue weighted by atomic mass is 9.86. The molecule has 0 fully saturated rings. The fourth-order valence-electron chi connectivity index (χ4n) is 1.74. The molecule has 0 bridgehead atoms. The summed E-state index contributed by atoms with van der Waals surface area (Å²) >= 11 is 0. The highest BCUT2D eigenvalue weighted by molar-refractivity contribution is 5.74. The van der Waals surface area contributed by atoms with Crippen LogP contribution in [0.15, 0.2) is 36.7 Å². The monoisotopic (exact) mass is 240 g/mol. The molecule has 0 atom stereocenters. The zero-order chi connectivity index (χ0) is 13.2. The molecule has 0 amide bonds. The number of hydrogen-bond donors (Lipinski definition) is 0. The number of aldehydes is 1. The minimum Gasteiger partial charge on any atom is -0.296 e. The minimum absolute atomic E-state index is 0.137. The van der Waals surface area contributed by atoms with Crippen LogP contribution in [0.5, 0.6) is 0 Å². The number of carbonyl (C=O) groups is 1. The van der Waals surface area contributed by atoms with Crippen molar-refractivity contribution in [3.05, 3.63) is 47.9 Å². The Morgan fingerprint density at radius 1 is 1.06 bits per heavy atom. The van der Waals surface area contributed by atoms with Crippen LogP contribution in [0.2, 0.25) is 0 Å². The van der Waals surface area contributed by atoms with E-state index in [0.717, 1.165) is 17.5 Å². The van der Waals surface area contributed by atoms with Crippen LogP contribution in [0, 0.1) is 0 Å². The number of aromatic nitrogens is 2. The summed E-state index contributed by atoms with van der Waals surface area (Å²) in [5.41, 5.74) is 3.58. The Morgan fingerprint density at radius 3 is 2.28 bits per heavy atom. The van der Waals surface area contributed by atoms with Gasteiger partial charge >= 0.3 is 0 Å². The van der Waals surface area contributed by atoms with Crippen LogP contribution in [0.25, 0.3) is 11.3 Å². The smallest absolute Gasteiger partial charge is 0.168 e. The summed E-state index contributed by atoms with van der Waals surface area (Å²) in [4.78, 5) is 18.7. The predicted octanol–water partition coefficient (Wildman–Crippen LogP) is 3.25. The molecule has 3 nitrogen and oxygen atoms in total. The van der Waals surface area contributed by atoms with E-state index in [1.54, 1.807) is 6.07 Å². The van der Waals surface area contributed by atoms with E-state index in [4.69, 9.17) is 0 Å². The Kier molecular flexibility index (Phi) is 3.24. The molecule has 18 heavy (non-hydrogen) atoms. The van der Waals surface area contributed by atoms with E-state index < -0.39 is 0 Å². The Labute approximate surface area is 107 Å². The third-order valence-corrected chi connectivity index (χ3v) is 2.86. The van der Waals surface area contributed by atoms with E-state index >= 15 is 0 Å². The number of nitrogens with zero attached hydrogens (tertiary/aromatic N) is 2. The molecule has 0 aliphatic carbocycles. The summed E-state index contributed by atoms with van der Waals surface area (Å²) in [6, 6.07) is 9.93. The summed E-state index contributed by atoms with van der Waals surface area (Å²) in [5, 5.41) is 0. The molecule has 1 heterocycles. The highest BCUT2D eigenvalue weighted by Crippen LogP contribution is 2.25. The Hall–Kier alpha value is -2.03. The van der Waals surface area contributed by atoms with E-state index in [2.05, 4.69) is 42.9 Å². The molecule has 0 aliphatic heterocycles. The van der Waals surface area contributed by atoms with Crippen molar-refractivity contribution in [2.45, 2.75) is 26.2 Å². The highest BCUT2D eigenvalue weighted by Gasteiger charge is 2.13. The topological polar surface area (TPSA) is 42.9 Å². The number of hydrogen-bond acceptors (Lipinski definition) is 3. The van der Waals surface area contributed by atoms with Crippen molar-refractivity contribution in [1.82, 2.24) is 9.97 Å². The molecule has 0 saturated carbocycles. The Bertz CT molecular complexity index is 553. The minimum atomic E-state index is 0.137. The van der Waals surface area contributed by atoms with Crippen molar-refractivity contribution in [2.75, 3.05) is 0 Å². The summed E-state index contributed by atoms with van der Waals surface area (Å²) in [6.45, 7) is 6.53. The normalized spacial score (nSPS) is 11.3. The van der Waals surface area contributed by atoms with E-state index in [1.165, 1.54) is 11.9 Å². The SMILES string of the molecule is CC(C)(C)c1ccc(-c2cc(C=O)ncn2)cc1. The Balaban J connectivity index is 2.37. The fraction of sp³-hybridized carbons (Fsp3) is 0.267. The van der Waals surface area contributed by atoms with E-state index in [9.17, 15) is 4.79 Å². The lowest BCUT2D eigenvalue weighted by Gasteiger charge is -2.19. The van der Waals surface area contributed by atoms with Gasteiger partial charge in [-0.15, -0.1) is 0 Å². The van der Waals surface area contributed by atoms with Gasteiger partial charge < -0.3 is 0 Å². The first-order valence-electron chi connectivity index (χ1n) is 5.89. The molecule has 0 unspecified atom stereocenters. The lowest BCUT2D eigenvalue weighted by Crippen LogP contribution is -2.10. The van der Waals surface area contributed by atoms with E-state index in [1.807, 2.05) is 12.1 Å². The molecule has 2 rings (SSSR count). The third kappa shape index (κ3) is 2.62. The van der Waals surface area contributed by atoms with Gasteiger partial charge in [-0.1, -0.05) is 45.0 Å². The molecule has 0 radical (unpaired) electrons. The molecule has 0 saturated heterocycles. The van der Waals surface area contributed by atoms with Crippen molar-refractivity contribution in [3.8, 4) is 11.3 Å². The van der Waals surface area contributed by atoms with Gasteiger partial charge in [0.15, 0.2) is 6.29 Å². The van der Waals surface area contributed by atoms with Gasteiger partial charge in [-0.05, 0) is 17.0 Å². The fourth-order valence-corrected chi connectivity index (χ4v) is 1.74. The molecule has 0 aliphatic rings. The third-order valence-electron chi connectivity index (χ3n) is 2.86. The van der Waals surface area contributed by atoms with Crippen molar-refractivity contribution in [3.63, 3.8) is 0 Å². The van der Waals surface area contributed by atoms with Crippen LogP contribution in [0.4, 0.5) is 0 Å². The first-order chi connectivity index (χ1) is 8.50. The lowest BCUT2D eigenvalue weighted by molar-refractivity contribution is 0.111. The quantitative estimate of drug-likeness (QED) is 0.757. The molecule has 92 valence electrons. The molecule has 2 aromatic rings. The Morgan fingerprint density at radius 2 is 1.72 bits per heavy atom. The van der Waals surface area contributed by atoms with Crippen molar-refractivity contribution in [2.24, 2.45) is 0 Å². The first kappa shape index (κ1) is 12.4. The van der Waals surface area contributed by atoms with Gasteiger partial charge in [0.2, 0.25) is 0 Å². The largest absolute Gasteiger partial charge is 0.296 e. The number of carbonyl (C=O) groups excluding carboxylic acids is 1. The van der Waals surface area contributed by atoms with E-state index in [-0.39, 0.29) is 5.41 Å². The van der Waals surface area contributed by atoms with Gasteiger partial charge in [0.05, 0.1) is 5.69 Å². The standard InChI is InChI=1S/C15H16N2O/c1-15(2,3)12-6-4-11(5-7-12)14-8-13(9-18)16-10-17-14/h4-10H,1-3H3. The van der Waals surface area contributed by atoms with Gasteiger partial charge in [0.1, 0.15) is 12.0 Å². The maximum Gasteiger partial charge on any atom is 0.168 e. The summed E-state index contributed by atoms with van der Waals surface area (Å²) in [6.07, 6.45) is 2.14. The van der Waals surface area contributed by atoms with Crippen molar-refractivity contribution < 1.29 is 4.79 Å². The zero-order valence-corrected chi connectivity index (χ0v) is 10.8. The average molecular weight is 240 g/mol.